The fraction of sp³-hybridized carbons (Fsp3) is 0.318. The smallest absolute Gasteiger partial charge is 0.269 e. The van der Waals surface area contributed by atoms with Crippen LogP contribution in [0.3, 0.4) is 0 Å². The van der Waals surface area contributed by atoms with Crippen molar-refractivity contribution in [2.24, 2.45) is 5.92 Å². The number of rotatable bonds is 5. The molecule has 0 spiro atoms. The summed E-state index contributed by atoms with van der Waals surface area (Å²) in [5.74, 6) is -0.317. The molecular formula is C22H24N4O3. The summed E-state index contributed by atoms with van der Waals surface area (Å²) in [6.07, 6.45) is 2.15. The van der Waals surface area contributed by atoms with Gasteiger partial charge in [0.25, 0.3) is 5.69 Å². The van der Waals surface area contributed by atoms with Crippen molar-refractivity contribution in [3.05, 3.63) is 76.9 Å². The van der Waals surface area contributed by atoms with Crippen LogP contribution in [0.15, 0.2) is 61.2 Å². The predicted octanol–water partition coefficient (Wildman–Crippen LogP) is 2.76. The Hall–Kier alpha value is -3.35. The van der Waals surface area contributed by atoms with Crippen LogP contribution in [0.1, 0.15) is 5.56 Å². The van der Waals surface area contributed by atoms with Gasteiger partial charge in [-0.15, -0.1) is 6.58 Å². The molecule has 0 bridgehead atoms. The zero-order chi connectivity index (χ0) is 20.4. The van der Waals surface area contributed by atoms with Crippen molar-refractivity contribution in [3.63, 3.8) is 0 Å². The number of nitrogens with zero attached hydrogens (tertiary/aromatic N) is 3. The maximum atomic E-state index is 12.9. The first kappa shape index (κ1) is 19.0. The fourth-order valence-corrected chi connectivity index (χ4v) is 4.40. The summed E-state index contributed by atoms with van der Waals surface area (Å²) in [6, 6.07) is 15.2. The molecule has 0 unspecified atom stereocenters. The number of nitro benzene ring substituents is 1. The number of fused-ring (bicyclic) bond motifs is 3. The third kappa shape index (κ3) is 3.68. The Balaban J connectivity index is 1.67. The average molecular weight is 392 g/mol. The molecule has 1 fully saturated rings. The van der Waals surface area contributed by atoms with Crippen molar-refractivity contribution in [2.75, 3.05) is 36.0 Å². The molecule has 2 aromatic rings. The second-order valence-corrected chi connectivity index (χ2v) is 7.46. The monoisotopic (exact) mass is 392 g/mol. The molecule has 0 radical (unpaired) electrons. The van der Waals surface area contributed by atoms with Gasteiger partial charge in [-0.2, -0.15) is 0 Å². The average Bonchev–Trinajstić information content (AvgIpc) is 2.76. The van der Waals surface area contributed by atoms with E-state index in [1.165, 1.54) is 0 Å². The number of anilines is 2. The number of carbonyl (C=O) groups is 1. The van der Waals surface area contributed by atoms with Crippen LogP contribution < -0.4 is 15.1 Å². The number of non-ortho nitro benzene ring substituents is 1. The number of amides is 1. The van der Waals surface area contributed by atoms with Crippen LogP contribution >= 0.6 is 0 Å². The number of nitrogens with one attached hydrogen (secondary N) is 1. The third-order valence-electron chi connectivity index (χ3n) is 5.78. The number of hydrogen-bond donors (Lipinski definition) is 1. The van der Waals surface area contributed by atoms with Gasteiger partial charge < -0.3 is 15.1 Å². The highest BCUT2D eigenvalue weighted by Crippen LogP contribution is 2.38. The normalized spacial score (nSPS) is 20.4. The molecule has 150 valence electrons. The lowest BCUT2D eigenvalue weighted by molar-refractivity contribution is -0.384. The molecule has 2 aromatic carbocycles. The topological polar surface area (TPSA) is 78.7 Å². The van der Waals surface area contributed by atoms with E-state index in [2.05, 4.69) is 33.8 Å². The zero-order valence-corrected chi connectivity index (χ0v) is 16.2. The van der Waals surface area contributed by atoms with E-state index in [1.54, 1.807) is 18.2 Å². The molecule has 7 nitrogen and oxygen atoms in total. The summed E-state index contributed by atoms with van der Waals surface area (Å²) in [5, 5.41) is 14.1. The Kier molecular flexibility index (Phi) is 5.20. The Morgan fingerprint density at radius 1 is 1.24 bits per heavy atom. The molecule has 2 aliphatic heterocycles. The molecular weight excluding hydrogens is 368 g/mol. The van der Waals surface area contributed by atoms with Gasteiger partial charge in [-0.1, -0.05) is 24.3 Å². The van der Waals surface area contributed by atoms with Gasteiger partial charge in [0.15, 0.2) is 0 Å². The second-order valence-electron chi connectivity index (χ2n) is 7.46. The van der Waals surface area contributed by atoms with Gasteiger partial charge in [0.1, 0.15) is 0 Å². The van der Waals surface area contributed by atoms with Crippen LogP contribution in [-0.2, 0) is 11.2 Å². The van der Waals surface area contributed by atoms with Gasteiger partial charge in [-0.3, -0.25) is 14.9 Å². The van der Waals surface area contributed by atoms with Gasteiger partial charge in [-0.05, 0) is 30.2 Å². The minimum atomic E-state index is -0.382. The van der Waals surface area contributed by atoms with E-state index in [0.717, 1.165) is 36.6 Å². The molecule has 0 saturated carbocycles. The first-order valence-corrected chi connectivity index (χ1v) is 9.81. The first-order chi connectivity index (χ1) is 14.1. The number of benzene rings is 2. The molecule has 0 aliphatic carbocycles. The summed E-state index contributed by atoms with van der Waals surface area (Å²) >= 11 is 0. The number of hydrogen-bond acceptors (Lipinski definition) is 5. The Bertz CT molecular complexity index is 931. The quantitative estimate of drug-likeness (QED) is 0.481. The van der Waals surface area contributed by atoms with E-state index in [1.807, 2.05) is 24.3 Å². The maximum Gasteiger partial charge on any atom is 0.269 e. The van der Waals surface area contributed by atoms with Crippen LogP contribution in [0.4, 0.5) is 17.1 Å². The van der Waals surface area contributed by atoms with Crippen LogP contribution in [0.5, 0.6) is 0 Å². The summed E-state index contributed by atoms with van der Waals surface area (Å²) in [7, 11) is 0. The van der Waals surface area contributed by atoms with Gasteiger partial charge in [-0.25, -0.2) is 0 Å². The number of para-hydroxylation sites is 1. The van der Waals surface area contributed by atoms with E-state index in [0.29, 0.717) is 13.0 Å². The van der Waals surface area contributed by atoms with Crippen LogP contribution in [0.25, 0.3) is 0 Å². The molecule has 7 heteroatoms. The molecule has 1 saturated heterocycles. The highest BCUT2D eigenvalue weighted by atomic mass is 16.6. The number of piperazine rings is 1. The largest absolute Gasteiger partial charge is 0.368 e. The number of carbonyl (C=O) groups excluding carboxylic acids is 1. The molecule has 1 N–H and O–H groups in total. The van der Waals surface area contributed by atoms with Crippen molar-refractivity contribution < 1.29 is 9.72 Å². The molecule has 29 heavy (non-hydrogen) atoms. The highest BCUT2D eigenvalue weighted by Gasteiger charge is 2.41. The van der Waals surface area contributed by atoms with Gasteiger partial charge in [0.2, 0.25) is 5.91 Å². The first-order valence-electron chi connectivity index (χ1n) is 9.81. The van der Waals surface area contributed by atoms with Crippen molar-refractivity contribution in [1.29, 1.82) is 0 Å². The van der Waals surface area contributed by atoms with Crippen molar-refractivity contribution in [3.8, 4) is 0 Å². The molecule has 2 aliphatic rings. The zero-order valence-electron chi connectivity index (χ0n) is 16.2. The van der Waals surface area contributed by atoms with E-state index >= 15 is 0 Å². The highest BCUT2D eigenvalue weighted by molar-refractivity contribution is 5.82. The molecule has 0 aromatic heterocycles. The van der Waals surface area contributed by atoms with E-state index < -0.39 is 0 Å². The molecule has 4 rings (SSSR count). The second kappa shape index (κ2) is 7.95. The Morgan fingerprint density at radius 3 is 2.76 bits per heavy atom. The molecule has 2 atom stereocenters. The van der Waals surface area contributed by atoms with Crippen molar-refractivity contribution in [1.82, 2.24) is 5.32 Å². The lowest BCUT2D eigenvalue weighted by Crippen LogP contribution is -2.61. The molecule has 1 amide bonds. The van der Waals surface area contributed by atoms with Gasteiger partial charge in [0, 0.05) is 49.7 Å². The molecule has 2 heterocycles. The minimum absolute atomic E-state index is 0.00253. The Labute approximate surface area is 169 Å². The van der Waals surface area contributed by atoms with E-state index in [4.69, 9.17) is 0 Å². The van der Waals surface area contributed by atoms with E-state index in [9.17, 15) is 14.9 Å². The SMILES string of the molecule is C=CCNC(=O)[C@@H]1Cc2cc([N+](=O)[O-])ccc2N2CCN(c3ccccc3)C[C@@H]12. The Morgan fingerprint density at radius 2 is 2.03 bits per heavy atom. The lowest BCUT2D eigenvalue weighted by Gasteiger charge is -2.49. The van der Waals surface area contributed by atoms with E-state index in [-0.39, 0.29) is 28.5 Å². The predicted molar refractivity (Wildman–Crippen MR) is 113 cm³/mol. The lowest BCUT2D eigenvalue weighted by atomic mass is 9.83. The van der Waals surface area contributed by atoms with Gasteiger partial charge >= 0.3 is 0 Å². The minimum Gasteiger partial charge on any atom is -0.368 e. The fourth-order valence-electron chi connectivity index (χ4n) is 4.40. The summed E-state index contributed by atoms with van der Waals surface area (Å²) in [6.45, 7) is 6.40. The summed E-state index contributed by atoms with van der Waals surface area (Å²) in [4.78, 5) is 28.3. The van der Waals surface area contributed by atoms with Crippen LogP contribution in [0.2, 0.25) is 0 Å². The van der Waals surface area contributed by atoms with Gasteiger partial charge in [0.05, 0.1) is 16.9 Å². The third-order valence-corrected chi connectivity index (χ3v) is 5.78. The summed E-state index contributed by atoms with van der Waals surface area (Å²) < 4.78 is 0. The van der Waals surface area contributed by atoms with Crippen LogP contribution in [0, 0.1) is 16.0 Å². The number of nitro groups is 1. The van der Waals surface area contributed by atoms with Crippen molar-refractivity contribution in [2.45, 2.75) is 12.5 Å². The van der Waals surface area contributed by atoms with Crippen LogP contribution in [-0.4, -0.2) is 43.1 Å². The standard InChI is InChI=1S/C22H24N4O3/c1-2-10-23-22(27)19-14-16-13-18(26(28)29)8-9-20(16)25-12-11-24(15-21(19)25)17-6-4-3-5-7-17/h2-9,13,19,21H,1,10-12,14-15H2,(H,23,27)/t19-,21+/m1/s1. The summed E-state index contributed by atoms with van der Waals surface area (Å²) in [5.41, 5.74) is 3.07. The maximum absolute atomic E-state index is 12.9. The van der Waals surface area contributed by atoms with Crippen molar-refractivity contribution >= 4 is 23.0 Å².